The van der Waals surface area contributed by atoms with Crippen LogP contribution in [0.5, 0.6) is 0 Å². The second-order valence-corrected chi connectivity index (χ2v) is 10.1. The average Bonchev–Trinajstić information content (AvgIpc) is 3.08. The third kappa shape index (κ3) is 5.74. The Labute approximate surface area is 168 Å². The lowest BCUT2D eigenvalue weighted by molar-refractivity contribution is -0.279. The smallest absolute Gasteiger partial charge is 0.320 e. The molecular weight excluding hydrogens is 447 g/mol. The van der Waals surface area contributed by atoms with Gasteiger partial charge < -0.3 is 14.4 Å². The minimum absolute atomic E-state index is 0.429. The Hall–Kier alpha value is -1.10. The molecule has 0 saturated carbocycles. The van der Waals surface area contributed by atoms with E-state index in [0.29, 0.717) is 11.3 Å². The molecule has 1 aromatic rings. The highest BCUT2D eigenvalue weighted by atomic mass is 32.1. The number of amides is 1. The molecule has 1 amide bonds. The summed E-state index contributed by atoms with van der Waals surface area (Å²) in [7, 11) is -6.04. The van der Waals surface area contributed by atoms with Gasteiger partial charge in [-0.2, -0.15) is 26.3 Å². The summed E-state index contributed by atoms with van der Waals surface area (Å²) in [6.45, 7) is 4.36. The van der Waals surface area contributed by atoms with Gasteiger partial charge in [0.05, 0.1) is 18.1 Å². The zero-order chi connectivity index (χ0) is 22.7. The van der Waals surface area contributed by atoms with Gasteiger partial charge in [-0.15, -0.1) is 11.3 Å². The lowest BCUT2D eigenvalue weighted by atomic mass is 10.2. The Kier molecular flexibility index (Phi) is 8.37. The van der Waals surface area contributed by atoms with Crippen molar-refractivity contribution in [3.05, 3.63) is 22.4 Å². The molecule has 168 valence electrons. The maximum absolute atomic E-state index is 14.0. The van der Waals surface area contributed by atoms with Gasteiger partial charge in [0.15, 0.2) is 0 Å². The van der Waals surface area contributed by atoms with E-state index in [1.807, 2.05) is 0 Å². The summed E-state index contributed by atoms with van der Waals surface area (Å²) in [6, 6.07) is 2.30. The molecule has 0 bridgehead atoms. The number of carbonyl (C=O) groups excluding carboxylic acids is 1. The van der Waals surface area contributed by atoms with Gasteiger partial charge in [-0.05, 0) is 23.3 Å². The Morgan fingerprint density at radius 3 is 1.79 bits per heavy atom. The number of halogens is 6. The molecule has 0 spiro atoms. The first kappa shape index (κ1) is 25.9. The molecule has 0 unspecified atom stereocenters. The summed E-state index contributed by atoms with van der Waals surface area (Å²) < 4.78 is 106. The normalized spacial score (nSPS) is 13.9. The van der Waals surface area contributed by atoms with Gasteiger partial charge in [-0.3, -0.25) is 9.36 Å². The molecule has 0 radical (unpaired) electrons. The van der Waals surface area contributed by atoms with Crippen LogP contribution in [0, 0.1) is 11.8 Å². The summed E-state index contributed by atoms with van der Waals surface area (Å²) >= 11 is 0.622. The molecule has 0 atom stereocenters. The van der Waals surface area contributed by atoms with E-state index in [4.69, 9.17) is 0 Å². The number of rotatable bonds is 9. The van der Waals surface area contributed by atoms with Crippen LogP contribution in [0.4, 0.5) is 26.3 Å². The van der Waals surface area contributed by atoms with Crippen molar-refractivity contribution in [2.75, 3.05) is 13.2 Å². The van der Waals surface area contributed by atoms with E-state index in [1.54, 1.807) is 0 Å². The van der Waals surface area contributed by atoms with Crippen molar-refractivity contribution < 1.29 is 44.7 Å². The van der Waals surface area contributed by atoms with Crippen LogP contribution >= 0.6 is 18.9 Å². The standard InChI is InChI=1S/C16H22F6NO4PS/c1-10(2)8-26-28(25,27-9-11(3)4)14(15(17,18)19,16(20,21)22)23-13(24)12-6-5-7-29-12/h5-7,10-11H,8-9H2,1-4H3,(H,23,24). The Bertz CT molecular complexity index is 688. The molecule has 1 heterocycles. The molecule has 13 heteroatoms. The van der Waals surface area contributed by atoms with Crippen molar-refractivity contribution in [2.45, 2.75) is 45.3 Å². The van der Waals surface area contributed by atoms with Crippen LogP contribution < -0.4 is 5.32 Å². The summed E-state index contributed by atoms with van der Waals surface area (Å²) in [5.74, 6) is -2.81. The van der Waals surface area contributed by atoms with Gasteiger partial charge >= 0.3 is 25.2 Å². The predicted octanol–water partition coefficient (Wildman–Crippen LogP) is 5.84. The van der Waals surface area contributed by atoms with E-state index < -0.39 is 61.1 Å². The lowest BCUT2D eigenvalue weighted by Gasteiger charge is -2.41. The maximum Gasteiger partial charge on any atom is 0.432 e. The minimum atomic E-state index is -6.23. The topological polar surface area (TPSA) is 64.6 Å². The van der Waals surface area contributed by atoms with Gasteiger partial charge in [0.1, 0.15) is 0 Å². The fourth-order valence-electron chi connectivity index (χ4n) is 2.04. The molecule has 0 aliphatic heterocycles. The van der Waals surface area contributed by atoms with Gasteiger partial charge in [-0.25, -0.2) is 0 Å². The second kappa shape index (κ2) is 9.36. The van der Waals surface area contributed by atoms with Crippen molar-refractivity contribution in [2.24, 2.45) is 11.8 Å². The fraction of sp³-hybridized carbons (Fsp3) is 0.688. The van der Waals surface area contributed by atoms with Crippen LogP contribution in [0.3, 0.4) is 0 Å². The van der Waals surface area contributed by atoms with E-state index in [1.165, 1.54) is 39.1 Å². The number of alkyl halides is 6. The summed E-state index contributed by atoms with van der Waals surface area (Å²) in [6.07, 6.45) is -12.5. The minimum Gasteiger partial charge on any atom is -0.320 e. The van der Waals surface area contributed by atoms with Crippen molar-refractivity contribution in [1.29, 1.82) is 0 Å². The van der Waals surface area contributed by atoms with Gasteiger partial charge in [0, 0.05) is 0 Å². The zero-order valence-corrected chi connectivity index (χ0v) is 17.8. The number of nitrogens with one attached hydrogen (secondary N) is 1. The highest BCUT2D eigenvalue weighted by Crippen LogP contribution is 2.70. The van der Waals surface area contributed by atoms with Crippen LogP contribution in [0.1, 0.15) is 37.4 Å². The molecule has 5 nitrogen and oxygen atoms in total. The molecule has 0 aromatic carbocycles. The van der Waals surface area contributed by atoms with Crippen molar-refractivity contribution >= 4 is 24.8 Å². The summed E-state index contributed by atoms with van der Waals surface area (Å²) in [4.78, 5) is 11.8. The maximum atomic E-state index is 14.0. The first-order valence-electron chi connectivity index (χ1n) is 8.46. The van der Waals surface area contributed by atoms with E-state index in [-0.39, 0.29) is 0 Å². The lowest BCUT2D eigenvalue weighted by Crippen LogP contribution is -2.67. The summed E-state index contributed by atoms with van der Waals surface area (Å²) in [5, 5.41) is -3.04. The largest absolute Gasteiger partial charge is 0.432 e. The number of thiophene rings is 1. The molecule has 0 aliphatic rings. The van der Waals surface area contributed by atoms with Crippen LogP contribution in [-0.4, -0.2) is 36.8 Å². The molecule has 1 N–H and O–H groups in total. The monoisotopic (exact) mass is 469 g/mol. The third-order valence-corrected chi connectivity index (χ3v) is 6.71. The Morgan fingerprint density at radius 2 is 1.48 bits per heavy atom. The third-order valence-electron chi connectivity index (χ3n) is 3.43. The zero-order valence-electron chi connectivity index (χ0n) is 16.1. The van der Waals surface area contributed by atoms with Gasteiger partial charge in [0.2, 0.25) is 0 Å². The van der Waals surface area contributed by atoms with E-state index >= 15 is 0 Å². The van der Waals surface area contributed by atoms with Crippen molar-refractivity contribution in [3.8, 4) is 0 Å². The van der Waals surface area contributed by atoms with E-state index in [9.17, 15) is 35.7 Å². The highest BCUT2D eigenvalue weighted by molar-refractivity contribution is 7.55. The SMILES string of the molecule is CC(C)COP(=O)(OCC(C)C)C(NC(=O)c1cccs1)(C(F)(F)F)C(F)(F)F. The second-order valence-electron chi connectivity index (χ2n) is 7.01. The van der Waals surface area contributed by atoms with Crippen LogP contribution in [0.15, 0.2) is 17.5 Å². The van der Waals surface area contributed by atoms with Crippen LogP contribution in [-0.2, 0) is 13.6 Å². The van der Waals surface area contributed by atoms with Gasteiger partial charge in [0.25, 0.3) is 5.91 Å². The van der Waals surface area contributed by atoms with Crippen molar-refractivity contribution in [3.63, 3.8) is 0 Å². The van der Waals surface area contributed by atoms with Crippen LogP contribution in [0.2, 0.25) is 0 Å². The Balaban J connectivity index is 3.65. The molecule has 0 fully saturated rings. The molecular formula is C16H22F6NO4PS. The predicted molar refractivity (Wildman–Crippen MR) is 95.8 cm³/mol. The first-order valence-corrected chi connectivity index (χ1v) is 10.9. The Morgan fingerprint density at radius 1 is 1.03 bits per heavy atom. The molecule has 1 aromatic heterocycles. The van der Waals surface area contributed by atoms with E-state index in [0.717, 1.165) is 11.4 Å². The fourth-order valence-corrected chi connectivity index (χ4v) is 4.97. The molecule has 0 aliphatic carbocycles. The molecule has 29 heavy (non-hydrogen) atoms. The first-order chi connectivity index (χ1) is 13.1. The molecule has 0 saturated heterocycles. The van der Waals surface area contributed by atoms with Crippen molar-refractivity contribution in [1.82, 2.24) is 5.32 Å². The van der Waals surface area contributed by atoms with Crippen LogP contribution in [0.25, 0.3) is 0 Å². The number of hydrogen-bond acceptors (Lipinski definition) is 5. The highest BCUT2D eigenvalue weighted by Gasteiger charge is 2.83. The molecule has 1 rings (SSSR count). The quantitative estimate of drug-likeness (QED) is 0.365. The number of hydrogen-bond donors (Lipinski definition) is 1. The van der Waals surface area contributed by atoms with Gasteiger partial charge in [-0.1, -0.05) is 33.8 Å². The summed E-state index contributed by atoms with van der Waals surface area (Å²) in [5.41, 5.74) is 0. The van der Waals surface area contributed by atoms with E-state index in [2.05, 4.69) is 9.05 Å². The number of carbonyl (C=O) groups is 1. The average molecular weight is 469 g/mol.